The summed E-state index contributed by atoms with van der Waals surface area (Å²) in [7, 11) is 0. The van der Waals surface area contributed by atoms with Gasteiger partial charge >= 0.3 is 65.0 Å². The number of allylic oxidation sites excluding steroid dienone is 8. The van der Waals surface area contributed by atoms with Crippen LogP contribution in [0.1, 0.15) is 68.2 Å². The maximum absolute atomic E-state index is 3.36. The van der Waals surface area contributed by atoms with Crippen LogP contribution in [0, 0.1) is 24.0 Å². The van der Waals surface area contributed by atoms with Crippen LogP contribution in [-0.2, 0) is 26.2 Å². The third-order valence-corrected chi connectivity index (χ3v) is 8.97. The molecule has 26 heavy (non-hydrogen) atoms. The molecule has 1 aliphatic heterocycles. The Morgan fingerprint density at radius 2 is 1.00 bits per heavy atom. The van der Waals surface area contributed by atoms with Crippen LogP contribution < -0.4 is 24.8 Å². The minimum atomic E-state index is 0. The van der Waals surface area contributed by atoms with E-state index in [2.05, 4.69) is 67.5 Å². The minimum Gasteiger partial charge on any atom is -1.00 e. The van der Waals surface area contributed by atoms with Crippen molar-refractivity contribution >= 4 is 15.4 Å². The molecule has 3 rings (SSSR count). The first-order chi connectivity index (χ1) is 10.8. The number of rotatable bonds is 0. The molecule has 4 heteroatoms. The molecule has 2 atom stereocenters. The number of hydrogen-bond acceptors (Lipinski definition) is 0. The molecule has 2 unspecified atom stereocenters. The van der Waals surface area contributed by atoms with Gasteiger partial charge in [-0.3, -0.25) is 12.2 Å². The molecule has 0 saturated carbocycles. The zero-order valence-corrected chi connectivity index (χ0v) is 24.2. The van der Waals surface area contributed by atoms with E-state index >= 15 is 0 Å². The van der Waals surface area contributed by atoms with E-state index < -0.39 is 0 Å². The van der Waals surface area contributed by atoms with Crippen LogP contribution in [-0.4, -0.2) is 15.4 Å². The van der Waals surface area contributed by atoms with Gasteiger partial charge in [0.1, 0.15) is 0 Å². The molecule has 3 aliphatic rings. The van der Waals surface area contributed by atoms with Crippen molar-refractivity contribution in [3.8, 4) is 0 Å². The van der Waals surface area contributed by atoms with Crippen molar-refractivity contribution in [1.29, 1.82) is 0 Å². The maximum atomic E-state index is 3.36. The van der Waals surface area contributed by atoms with E-state index in [1.807, 2.05) is 0 Å². The van der Waals surface area contributed by atoms with Crippen molar-refractivity contribution in [1.82, 2.24) is 0 Å². The zero-order valence-electron chi connectivity index (χ0n) is 17.8. The second kappa shape index (κ2) is 15.8. The summed E-state index contributed by atoms with van der Waals surface area (Å²) >= 11 is 0.424. The second-order valence-electron chi connectivity index (χ2n) is 7.17. The molecule has 0 bridgehead atoms. The van der Waals surface area contributed by atoms with Crippen molar-refractivity contribution in [2.75, 3.05) is 0 Å². The standard InChI is InChI=1S/2C9H13.C4H9Ge.2ClH.Zr/c2*1-6-5-7(2)9(4)8(6)3;1-2-4-5-3-1;;;/h2*6H,1-4H3;5H,1-4H2;2*1H;/q2*-1;;;;+4/p-2. The van der Waals surface area contributed by atoms with Gasteiger partial charge in [0.25, 0.3) is 0 Å². The molecule has 1 saturated heterocycles. The van der Waals surface area contributed by atoms with Crippen LogP contribution in [0.15, 0.2) is 33.4 Å². The van der Waals surface area contributed by atoms with Crippen molar-refractivity contribution in [3.63, 3.8) is 0 Å². The molecule has 0 aromatic rings. The van der Waals surface area contributed by atoms with E-state index in [0.717, 1.165) is 0 Å². The Hall–Kier alpha value is 0.966. The smallest absolute Gasteiger partial charge is 1.00 e. The molecule has 0 spiro atoms. The third kappa shape index (κ3) is 9.95. The van der Waals surface area contributed by atoms with Gasteiger partial charge in [0.2, 0.25) is 0 Å². The van der Waals surface area contributed by atoms with Gasteiger partial charge in [-0.2, -0.15) is 22.3 Å². The first-order valence-corrected chi connectivity index (χ1v) is 12.6. The largest absolute Gasteiger partial charge is 4.00 e. The molecule has 2 aliphatic carbocycles. The number of hydrogen-bond donors (Lipinski definition) is 0. The fourth-order valence-electron chi connectivity index (χ4n) is 3.05. The average molecular weight is 534 g/mol. The SMILES string of the molecule is C1C[CH2][GeH][CH2]1.CC1=[C-]C(C)C(C)=C1C.CC1=[C-]C(C)C(C)=C1C.[Cl-].[Cl-].[Zr+4]. The zero-order chi connectivity index (χ0) is 17.6. The Morgan fingerprint density at radius 3 is 1.08 bits per heavy atom. The monoisotopic (exact) mass is 533 g/mol. The van der Waals surface area contributed by atoms with Gasteiger partial charge in [0.15, 0.2) is 0 Å². The summed E-state index contributed by atoms with van der Waals surface area (Å²) in [5, 5.41) is 3.31. The van der Waals surface area contributed by atoms with Crippen LogP contribution >= 0.6 is 0 Å². The summed E-state index contributed by atoms with van der Waals surface area (Å²) in [6.07, 6.45) is 9.86. The summed E-state index contributed by atoms with van der Waals surface area (Å²) in [5.74, 6) is 1.12. The van der Waals surface area contributed by atoms with Gasteiger partial charge in [-0.25, -0.2) is 11.1 Å². The van der Waals surface area contributed by atoms with Crippen LogP contribution in [0.25, 0.3) is 0 Å². The van der Waals surface area contributed by atoms with Crippen molar-refractivity contribution in [2.24, 2.45) is 11.8 Å². The Kier molecular flexibility index (Phi) is 19.3. The van der Waals surface area contributed by atoms with Crippen LogP contribution in [0.4, 0.5) is 0 Å². The number of halogens is 2. The summed E-state index contributed by atoms with van der Waals surface area (Å²) in [4.78, 5) is 0. The second-order valence-corrected chi connectivity index (χ2v) is 10.8. The van der Waals surface area contributed by atoms with E-state index in [1.54, 1.807) is 23.3 Å². The topological polar surface area (TPSA) is 0 Å². The normalized spacial score (nSPS) is 23.4. The van der Waals surface area contributed by atoms with E-state index in [-0.39, 0.29) is 51.0 Å². The van der Waals surface area contributed by atoms with Gasteiger partial charge in [0, 0.05) is 0 Å². The van der Waals surface area contributed by atoms with Crippen molar-refractivity contribution < 1.29 is 51.0 Å². The van der Waals surface area contributed by atoms with E-state index in [1.165, 1.54) is 33.4 Å². The molecular weight excluding hydrogens is 499 g/mol. The Balaban J connectivity index is -0.000000298. The summed E-state index contributed by atoms with van der Waals surface area (Å²) in [6, 6.07) is 0. The Morgan fingerprint density at radius 1 is 0.692 bits per heavy atom. The van der Waals surface area contributed by atoms with Gasteiger partial charge < -0.3 is 24.8 Å². The quantitative estimate of drug-likeness (QED) is 0.314. The van der Waals surface area contributed by atoms with Crippen molar-refractivity contribution in [2.45, 2.75) is 78.7 Å². The molecule has 145 valence electrons. The van der Waals surface area contributed by atoms with Gasteiger partial charge in [-0.15, -0.1) is 13.8 Å². The van der Waals surface area contributed by atoms with E-state index in [0.29, 0.717) is 27.3 Å². The molecule has 1 fully saturated rings. The van der Waals surface area contributed by atoms with Crippen molar-refractivity contribution in [3.05, 3.63) is 45.6 Å². The predicted octanol–water partition coefficient (Wildman–Crippen LogP) is 0.503. The molecule has 0 N–H and O–H groups in total. The van der Waals surface area contributed by atoms with Gasteiger partial charge in [-0.05, 0) is 0 Å². The Bertz CT molecular complexity index is 489. The fraction of sp³-hybridized carbons (Fsp3) is 0.636. The molecule has 1 heterocycles. The maximum Gasteiger partial charge on any atom is 4.00 e. The van der Waals surface area contributed by atoms with E-state index in [9.17, 15) is 0 Å². The van der Waals surface area contributed by atoms with Crippen LogP contribution in [0.3, 0.4) is 0 Å². The van der Waals surface area contributed by atoms with Crippen LogP contribution in [0.2, 0.25) is 10.5 Å². The molecule has 1 radical (unpaired) electrons. The van der Waals surface area contributed by atoms with E-state index in [4.69, 9.17) is 0 Å². The molecule has 0 aromatic heterocycles. The van der Waals surface area contributed by atoms with Gasteiger partial charge in [-0.1, -0.05) is 53.4 Å². The average Bonchev–Trinajstić information content (AvgIpc) is 3.21. The summed E-state index contributed by atoms with van der Waals surface area (Å²) in [6.45, 7) is 17.3. The predicted molar refractivity (Wildman–Crippen MR) is 106 cm³/mol. The fourth-order valence-corrected chi connectivity index (χ4v) is 6.07. The molecular formula is C22H35Cl2GeZr. The summed E-state index contributed by atoms with van der Waals surface area (Å²) in [5.41, 5.74) is 8.49. The first-order valence-electron chi connectivity index (χ1n) is 9.13. The molecule has 0 aromatic carbocycles. The van der Waals surface area contributed by atoms with Crippen LogP contribution in [0.5, 0.6) is 0 Å². The van der Waals surface area contributed by atoms with Gasteiger partial charge in [0.05, 0.1) is 0 Å². The molecule has 0 amide bonds. The third-order valence-electron chi connectivity index (χ3n) is 5.54. The Labute approximate surface area is 201 Å². The molecule has 0 nitrogen and oxygen atoms in total. The first kappa shape index (κ1) is 31.7. The minimum absolute atomic E-state index is 0. The summed E-state index contributed by atoms with van der Waals surface area (Å²) < 4.78 is 0.